The lowest BCUT2D eigenvalue weighted by atomic mass is 10.1. The fourth-order valence-electron chi connectivity index (χ4n) is 1.74. The Morgan fingerprint density at radius 1 is 0.688 bits per heavy atom. The first-order valence-electron chi connectivity index (χ1n) is 7.01. The van der Waals surface area contributed by atoms with Crippen LogP contribution in [0.5, 0.6) is 0 Å². The summed E-state index contributed by atoms with van der Waals surface area (Å²) >= 11 is 0. The molecule has 1 radical (unpaired) electrons. The molecular weight excluding hydrogens is 192 g/mol. The van der Waals surface area contributed by atoms with Gasteiger partial charge in [0.1, 0.15) is 0 Å². The molecule has 0 N–H and O–H groups in total. The third kappa shape index (κ3) is 13.5. The summed E-state index contributed by atoms with van der Waals surface area (Å²) in [6.07, 6.45) is 22.1. The summed E-state index contributed by atoms with van der Waals surface area (Å²) < 4.78 is 0. The van der Waals surface area contributed by atoms with Gasteiger partial charge in [-0.05, 0) is 45.4 Å². The van der Waals surface area contributed by atoms with Crippen molar-refractivity contribution in [3.05, 3.63) is 31.2 Å². The molecule has 0 nitrogen and oxygen atoms in total. The predicted molar refractivity (Wildman–Crippen MR) is 75.5 cm³/mol. The Hall–Kier alpha value is -0.520. The summed E-state index contributed by atoms with van der Waals surface area (Å²) in [5, 5.41) is 0. The average Bonchev–Trinajstić information content (AvgIpc) is 2.31. The van der Waals surface area contributed by atoms with Gasteiger partial charge in [-0.3, -0.25) is 0 Å². The van der Waals surface area contributed by atoms with E-state index in [4.69, 9.17) is 0 Å². The van der Waals surface area contributed by atoms with Gasteiger partial charge in [0.25, 0.3) is 0 Å². The van der Waals surface area contributed by atoms with Gasteiger partial charge in [-0.1, -0.05) is 56.9 Å². The summed E-state index contributed by atoms with van der Waals surface area (Å²) in [6.45, 7) is 5.95. The van der Waals surface area contributed by atoms with E-state index >= 15 is 0 Å². The quantitative estimate of drug-likeness (QED) is 0.303. The third-order valence-electron chi connectivity index (χ3n) is 2.80. The van der Waals surface area contributed by atoms with Crippen LogP contribution in [0, 0.1) is 6.92 Å². The maximum atomic E-state index is 3.68. The van der Waals surface area contributed by atoms with Crippen molar-refractivity contribution in [2.24, 2.45) is 0 Å². The van der Waals surface area contributed by atoms with Gasteiger partial charge in [0.05, 0.1) is 0 Å². The van der Waals surface area contributed by atoms with Gasteiger partial charge >= 0.3 is 0 Å². The van der Waals surface area contributed by atoms with Gasteiger partial charge in [0.15, 0.2) is 0 Å². The van der Waals surface area contributed by atoms with Crippen molar-refractivity contribution in [1.29, 1.82) is 0 Å². The molecule has 0 fully saturated rings. The van der Waals surface area contributed by atoms with E-state index in [1.54, 1.807) is 0 Å². The summed E-state index contributed by atoms with van der Waals surface area (Å²) in [4.78, 5) is 0. The van der Waals surface area contributed by atoms with Crippen LogP contribution in [0.25, 0.3) is 0 Å². The van der Waals surface area contributed by atoms with Crippen molar-refractivity contribution in [3.63, 3.8) is 0 Å². The fourth-order valence-corrected chi connectivity index (χ4v) is 1.74. The second kappa shape index (κ2) is 14.5. The minimum absolute atomic E-state index is 1.20. The Balaban J connectivity index is 3.03. The normalized spacial score (nSPS) is 11.9. The topological polar surface area (TPSA) is 0 Å². The first-order chi connectivity index (χ1) is 7.91. The second-order valence-electron chi connectivity index (χ2n) is 4.43. The number of hydrogen-bond acceptors (Lipinski definition) is 0. The van der Waals surface area contributed by atoms with E-state index in [1.807, 2.05) is 6.08 Å². The third-order valence-corrected chi connectivity index (χ3v) is 2.80. The average molecular weight is 221 g/mol. The molecule has 0 heterocycles. The Kier molecular flexibility index (Phi) is 14.0. The molecule has 16 heavy (non-hydrogen) atoms. The van der Waals surface area contributed by atoms with Gasteiger partial charge in [-0.25, -0.2) is 0 Å². The molecular formula is C16H29. The smallest absolute Gasteiger partial charge is 0.0316 e. The maximum absolute atomic E-state index is 3.68. The lowest BCUT2D eigenvalue weighted by Gasteiger charge is -1.96. The van der Waals surface area contributed by atoms with Gasteiger partial charge in [-0.15, -0.1) is 0 Å². The molecule has 0 saturated heterocycles. The van der Waals surface area contributed by atoms with Gasteiger partial charge in [-0.2, -0.15) is 0 Å². The first-order valence-corrected chi connectivity index (χ1v) is 7.01. The zero-order valence-electron chi connectivity index (χ0n) is 11.1. The Labute approximate surface area is 103 Å². The van der Waals surface area contributed by atoms with Crippen LogP contribution in [-0.2, 0) is 0 Å². The molecule has 0 aromatic carbocycles. The Morgan fingerprint density at radius 3 is 1.69 bits per heavy atom. The van der Waals surface area contributed by atoms with Crippen molar-refractivity contribution in [2.75, 3.05) is 0 Å². The Morgan fingerprint density at radius 2 is 1.19 bits per heavy atom. The number of hydrogen-bond donors (Lipinski definition) is 0. The largest absolute Gasteiger partial charge is 0.0885 e. The highest BCUT2D eigenvalue weighted by molar-refractivity contribution is 4.84. The first kappa shape index (κ1) is 15.5. The van der Waals surface area contributed by atoms with Crippen LogP contribution in [0.4, 0.5) is 0 Å². The molecule has 0 aliphatic carbocycles. The van der Waals surface area contributed by atoms with Crippen LogP contribution in [0.3, 0.4) is 0 Å². The van der Waals surface area contributed by atoms with Gasteiger partial charge < -0.3 is 0 Å². The van der Waals surface area contributed by atoms with Gasteiger partial charge in [0, 0.05) is 0 Å². The van der Waals surface area contributed by atoms with Crippen LogP contribution in [-0.4, -0.2) is 0 Å². The molecule has 0 aliphatic heterocycles. The van der Waals surface area contributed by atoms with E-state index in [0.29, 0.717) is 0 Å². The van der Waals surface area contributed by atoms with E-state index in [9.17, 15) is 0 Å². The number of allylic oxidation sites excluding steroid dienone is 4. The lowest BCUT2D eigenvalue weighted by Crippen LogP contribution is -1.76. The summed E-state index contributed by atoms with van der Waals surface area (Å²) in [6, 6.07) is 0. The molecule has 0 spiro atoms. The highest BCUT2D eigenvalue weighted by atomic mass is 13.9. The monoisotopic (exact) mass is 221 g/mol. The Bertz CT molecular complexity index is 165. The lowest BCUT2D eigenvalue weighted by molar-refractivity contribution is 0.670. The minimum Gasteiger partial charge on any atom is -0.0885 e. The SMILES string of the molecule is [CH2]C=CCCCCCC=CCCCCCC. The zero-order valence-corrected chi connectivity index (χ0v) is 11.1. The molecule has 0 atom stereocenters. The van der Waals surface area contributed by atoms with E-state index in [0.717, 1.165) is 0 Å². The predicted octanol–water partition coefficient (Wildman–Crippen LogP) is 5.85. The van der Waals surface area contributed by atoms with Crippen LogP contribution >= 0.6 is 0 Å². The summed E-state index contributed by atoms with van der Waals surface area (Å²) in [5.74, 6) is 0. The van der Waals surface area contributed by atoms with Crippen molar-refractivity contribution in [3.8, 4) is 0 Å². The van der Waals surface area contributed by atoms with Crippen molar-refractivity contribution in [2.45, 2.75) is 71.1 Å². The number of rotatable bonds is 11. The van der Waals surface area contributed by atoms with E-state index in [1.165, 1.54) is 64.2 Å². The molecule has 0 saturated carbocycles. The second-order valence-corrected chi connectivity index (χ2v) is 4.43. The molecule has 0 rings (SSSR count). The maximum Gasteiger partial charge on any atom is -0.0316 e. The highest BCUT2D eigenvalue weighted by Gasteiger charge is 1.86. The molecule has 93 valence electrons. The number of unbranched alkanes of at least 4 members (excludes halogenated alkanes) is 8. The van der Waals surface area contributed by atoms with E-state index in [2.05, 4.69) is 32.1 Å². The van der Waals surface area contributed by atoms with Crippen molar-refractivity contribution < 1.29 is 0 Å². The van der Waals surface area contributed by atoms with Crippen LogP contribution in [0.2, 0.25) is 0 Å². The van der Waals surface area contributed by atoms with E-state index in [-0.39, 0.29) is 0 Å². The molecule has 0 aromatic heterocycles. The molecule has 0 amide bonds. The van der Waals surface area contributed by atoms with Crippen molar-refractivity contribution in [1.82, 2.24) is 0 Å². The molecule has 0 heteroatoms. The molecule has 0 bridgehead atoms. The molecule has 0 aromatic rings. The zero-order chi connectivity index (χ0) is 11.9. The fraction of sp³-hybridized carbons (Fsp3) is 0.688. The van der Waals surface area contributed by atoms with Gasteiger partial charge in [0.2, 0.25) is 0 Å². The minimum atomic E-state index is 1.20. The highest BCUT2D eigenvalue weighted by Crippen LogP contribution is 2.06. The van der Waals surface area contributed by atoms with Crippen LogP contribution in [0.1, 0.15) is 71.1 Å². The summed E-state index contributed by atoms with van der Waals surface area (Å²) in [7, 11) is 0. The standard InChI is InChI=1S/C16H29/c1-3-5-7-9-11-13-15-16-14-12-10-8-6-4-2/h3,5,14,16H,1,4,6-13,15H2,2H3. The van der Waals surface area contributed by atoms with Crippen molar-refractivity contribution >= 4 is 0 Å². The van der Waals surface area contributed by atoms with Crippen LogP contribution < -0.4 is 0 Å². The molecule has 0 unspecified atom stereocenters. The summed E-state index contributed by atoms with van der Waals surface area (Å²) in [5.41, 5.74) is 0. The van der Waals surface area contributed by atoms with E-state index < -0.39 is 0 Å². The van der Waals surface area contributed by atoms with Crippen LogP contribution in [0.15, 0.2) is 24.3 Å². The molecule has 0 aliphatic rings.